The van der Waals surface area contributed by atoms with Gasteiger partial charge in [-0.1, -0.05) is 12.1 Å². The van der Waals surface area contributed by atoms with Crippen molar-refractivity contribution in [1.82, 2.24) is 9.97 Å². The summed E-state index contributed by atoms with van der Waals surface area (Å²) in [5.41, 5.74) is 2.47. The average Bonchev–Trinajstić information content (AvgIpc) is 2.67. The molecule has 0 aliphatic rings. The zero-order chi connectivity index (χ0) is 20.8. The number of aryl methyl sites for hydroxylation is 1. The van der Waals surface area contributed by atoms with E-state index in [4.69, 9.17) is 5.26 Å². The fraction of sp³-hybridized carbons (Fsp3) is 0.0952. The number of aromatic nitrogens is 2. The molecule has 144 valence electrons. The first-order valence-electron chi connectivity index (χ1n) is 8.75. The molecule has 0 radical (unpaired) electrons. The van der Waals surface area contributed by atoms with Gasteiger partial charge in [-0.05, 0) is 43.3 Å². The Morgan fingerprint density at radius 2 is 1.62 bits per heavy atom. The summed E-state index contributed by atoms with van der Waals surface area (Å²) < 4.78 is 0. The number of amides is 2. The van der Waals surface area contributed by atoms with Crippen LogP contribution in [0.1, 0.15) is 28.8 Å². The second-order valence-corrected chi connectivity index (χ2v) is 6.22. The van der Waals surface area contributed by atoms with E-state index in [2.05, 4.69) is 32.0 Å². The van der Waals surface area contributed by atoms with Gasteiger partial charge in [-0.25, -0.2) is 9.97 Å². The van der Waals surface area contributed by atoms with Crippen molar-refractivity contribution in [2.24, 2.45) is 0 Å². The van der Waals surface area contributed by atoms with Crippen LogP contribution in [0.15, 0.2) is 54.6 Å². The van der Waals surface area contributed by atoms with E-state index < -0.39 is 5.91 Å². The highest BCUT2D eigenvalue weighted by atomic mass is 16.2. The Kier molecular flexibility index (Phi) is 5.80. The van der Waals surface area contributed by atoms with Crippen LogP contribution in [0.5, 0.6) is 0 Å². The molecule has 8 heteroatoms. The predicted octanol–water partition coefficient (Wildman–Crippen LogP) is 3.61. The SMILES string of the molecule is CC(=O)Nc1cccc(NC(=O)c2cc(Nc3cccc(C#N)c3)nc(C)n2)c1. The molecular weight excluding hydrogens is 368 g/mol. The summed E-state index contributed by atoms with van der Waals surface area (Å²) in [6.45, 7) is 3.10. The monoisotopic (exact) mass is 386 g/mol. The van der Waals surface area contributed by atoms with E-state index in [0.29, 0.717) is 34.3 Å². The van der Waals surface area contributed by atoms with Gasteiger partial charge < -0.3 is 16.0 Å². The maximum absolute atomic E-state index is 12.6. The zero-order valence-electron chi connectivity index (χ0n) is 15.9. The lowest BCUT2D eigenvalue weighted by atomic mass is 10.2. The fourth-order valence-electron chi connectivity index (χ4n) is 2.64. The molecule has 0 fully saturated rings. The summed E-state index contributed by atoms with van der Waals surface area (Å²) in [6, 6.07) is 17.4. The van der Waals surface area contributed by atoms with Crippen LogP contribution in [0.3, 0.4) is 0 Å². The van der Waals surface area contributed by atoms with Gasteiger partial charge in [0, 0.05) is 30.1 Å². The van der Waals surface area contributed by atoms with E-state index in [1.54, 1.807) is 55.5 Å². The smallest absolute Gasteiger partial charge is 0.274 e. The van der Waals surface area contributed by atoms with Crippen LogP contribution < -0.4 is 16.0 Å². The van der Waals surface area contributed by atoms with Crippen LogP contribution in [0.4, 0.5) is 22.9 Å². The Morgan fingerprint density at radius 1 is 0.931 bits per heavy atom. The third kappa shape index (κ3) is 5.37. The number of rotatable bonds is 5. The van der Waals surface area contributed by atoms with Crippen molar-refractivity contribution in [2.45, 2.75) is 13.8 Å². The molecule has 0 aliphatic heterocycles. The van der Waals surface area contributed by atoms with Crippen LogP contribution in [0, 0.1) is 18.3 Å². The van der Waals surface area contributed by atoms with Crippen LogP contribution in [0.2, 0.25) is 0 Å². The molecule has 0 atom stereocenters. The molecule has 8 nitrogen and oxygen atoms in total. The predicted molar refractivity (Wildman–Crippen MR) is 110 cm³/mol. The van der Waals surface area contributed by atoms with Gasteiger partial charge in [0.05, 0.1) is 11.6 Å². The highest BCUT2D eigenvalue weighted by molar-refractivity contribution is 6.03. The Morgan fingerprint density at radius 3 is 2.34 bits per heavy atom. The molecule has 1 aromatic heterocycles. The van der Waals surface area contributed by atoms with Crippen LogP contribution >= 0.6 is 0 Å². The highest BCUT2D eigenvalue weighted by Crippen LogP contribution is 2.19. The number of hydrogen-bond donors (Lipinski definition) is 3. The van der Waals surface area contributed by atoms with E-state index in [-0.39, 0.29) is 11.6 Å². The molecule has 1 heterocycles. The van der Waals surface area contributed by atoms with E-state index in [1.807, 2.05) is 0 Å². The number of benzene rings is 2. The van der Waals surface area contributed by atoms with Crippen LogP contribution in [-0.2, 0) is 4.79 Å². The first kappa shape index (κ1) is 19.5. The van der Waals surface area contributed by atoms with Crippen LogP contribution in [-0.4, -0.2) is 21.8 Å². The van der Waals surface area contributed by atoms with Crippen molar-refractivity contribution in [1.29, 1.82) is 5.26 Å². The minimum absolute atomic E-state index is 0.182. The van der Waals surface area contributed by atoms with E-state index in [1.165, 1.54) is 13.0 Å². The lowest BCUT2D eigenvalue weighted by Crippen LogP contribution is -2.15. The second kappa shape index (κ2) is 8.63. The largest absolute Gasteiger partial charge is 0.340 e. The number of carbonyl (C=O) groups is 2. The van der Waals surface area contributed by atoms with Crippen molar-refractivity contribution in [3.05, 3.63) is 71.7 Å². The molecule has 0 bridgehead atoms. The summed E-state index contributed by atoms with van der Waals surface area (Å²) in [7, 11) is 0. The molecule has 3 aromatic rings. The normalized spacial score (nSPS) is 9.97. The molecule has 0 saturated heterocycles. The van der Waals surface area contributed by atoms with Gasteiger partial charge in [0.25, 0.3) is 5.91 Å². The Balaban J connectivity index is 1.79. The van der Waals surface area contributed by atoms with Crippen molar-refractivity contribution in [2.75, 3.05) is 16.0 Å². The molecule has 3 rings (SSSR count). The summed E-state index contributed by atoms with van der Waals surface area (Å²) >= 11 is 0. The van der Waals surface area contributed by atoms with Gasteiger partial charge in [-0.2, -0.15) is 5.26 Å². The van der Waals surface area contributed by atoms with Gasteiger partial charge in [-0.3, -0.25) is 9.59 Å². The zero-order valence-corrected chi connectivity index (χ0v) is 15.9. The second-order valence-electron chi connectivity index (χ2n) is 6.22. The van der Waals surface area contributed by atoms with Crippen molar-refractivity contribution < 1.29 is 9.59 Å². The number of nitriles is 1. The van der Waals surface area contributed by atoms with Gasteiger partial charge in [0.15, 0.2) is 0 Å². The highest BCUT2D eigenvalue weighted by Gasteiger charge is 2.12. The molecule has 2 amide bonds. The average molecular weight is 386 g/mol. The number of hydrogen-bond acceptors (Lipinski definition) is 6. The van der Waals surface area contributed by atoms with Crippen molar-refractivity contribution in [3.8, 4) is 6.07 Å². The standard InChI is InChI=1S/C21H18N6O2/c1-13-23-19(11-20(24-13)26-16-6-3-5-15(9-16)12-22)21(29)27-18-8-4-7-17(10-18)25-14(2)28/h3-11H,1-2H3,(H,25,28)(H,27,29)(H,23,24,26). The van der Waals surface area contributed by atoms with E-state index in [0.717, 1.165) is 0 Å². The maximum Gasteiger partial charge on any atom is 0.274 e. The topological polar surface area (TPSA) is 120 Å². The minimum Gasteiger partial charge on any atom is -0.340 e. The summed E-state index contributed by atoms with van der Waals surface area (Å²) in [4.78, 5) is 32.3. The number of nitrogens with one attached hydrogen (secondary N) is 3. The van der Waals surface area contributed by atoms with Crippen molar-refractivity contribution >= 4 is 34.7 Å². The molecule has 0 spiro atoms. The van der Waals surface area contributed by atoms with Crippen LogP contribution in [0.25, 0.3) is 0 Å². The van der Waals surface area contributed by atoms with Crippen molar-refractivity contribution in [3.63, 3.8) is 0 Å². The van der Waals surface area contributed by atoms with Gasteiger partial charge in [0.1, 0.15) is 17.3 Å². The van der Waals surface area contributed by atoms with Gasteiger partial charge in [-0.15, -0.1) is 0 Å². The quantitative estimate of drug-likeness (QED) is 0.616. The lowest BCUT2D eigenvalue weighted by molar-refractivity contribution is -0.114. The van der Waals surface area contributed by atoms with E-state index in [9.17, 15) is 9.59 Å². The lowest BCUT2D eigenvalue weighted by Gasteiger charge is -2.10. The minimum atomic E-state index is -0.413. The third-order valence-corrected chi connectivity index (χ3v) is 3.78. The maximum atomic E-state index is 12.6. The molecule has 0 aliphatic carbocycles. The Bertz CT molecular complexity index is 1120. The number of nitrogens with zero attached hydrogens (tertiary/aromatic N) is 3. The first-order valence-corrected chi connectivity index (χ1v) is 8.75. The molecule has 3 N–H and O–H groups in total. The third-order valence-electron chi connectivity index (χ3n) is 3.78. The van der Waals surface area contributed by atoms with E-state index >= 15 is 0 Å². The molecule has 0 unspecified atom stereocenters. The Labute approximate surface area is 167 Å². The Hall–Kier alpha value is -4.25. The van der Waals surface area contributed by atoms with Gasteiger partial charge in [0.2, 0.25) is 5.91 Å². The first-order chi connectivity index (χ1) is 13.9. The molecule has 29 heavy (non-hydrogen) atoms. The summed E-state index contributed by atoms with van der Waals surface area (Å²) in [6.07, 6.45) is 0. The van der Waals surface area contributed by atoms with Gasteiger partial charge >= 0.3 is 0 Å². The molecule has 0 saturated carbocycles. The summed E-state index contributed by atoms with van der Waals surface area (Å²) in [5.74, 6) is 0.244. The number of carbonyl (C=O) groups excluding carboxylic acids is 2. The number of anilines is 4. The fourth-order valence-corrected chi connectivity index (χ4v) is 2.64. The molecular formula is C21H18N6O2. The summed E-state index contributed by atoms with van der Waals surface area (Å²) in [5, 5.41) is 17.5. The molecule has 2 aromatic carbocycles.